The quantitative estimate of drug-likeness (QED) is 0.822. The smallest absolute Gasteiger partial charge is 0.251 e. The van der Waals surface area contributed by atoms with E-state index < -0.39 is 0 Å². The minimum Gasteiger partial charge on any atom is -0.349 e. The fourth-order valence-electron chi connectivity index (χ4n) is 1.55. The number of amides is 1. The minimum atomic E-state index is -0.116. The van der Waals surface area contributed by atoms with E-state index in [1.807, 2.05) is 6.92 Å². The van der Waals surface area contributed by atoms with Gasteiger partial charge in [-0.1, -0.05) is 30.4 Å². The van der Waals surface area contributed by atoms with Gasteiger partial charge in [0.15, 0.2) is 0 Å². The molecule has 1 aromatic carbocycles. The average molecular weight is 311 g/mol. The highest BCUT2D eigenvalue weighted by molar-refractivity contribution is 7.99. The molecule has 3 N–H and O–H groups in total. The molecule has 108 valence electrons. The lowest BCUT2D eigenvalue weighted by Gasteiger charge is -2.13. The highest BCUT2D eigenvalue weighted by Gasteiger charge is 2.11. The summed E-state index contributed by atoms with van der Waals surface area (Å²) >= 11 is 7.90. The number of nitrogens with one attached hydrogen (secondary N) is 1. The Morgan fingerprint density at radius 2 is 2.30 bits per heavy atom. The van der Waals surface area contributed by atoms with Crippen LogP contribution >= 0.6 is 23.4 Å². The Morgan fingerprint density at radius 3 is 2.90 bits per heavy atom. The third-order valence-corrected chi connectivity index (χ3v) is 3.96. The highest BCUT2D eigenvalue weighted by atomic mass is 35.5. The number of halogens is 1. The van der Waals surface area contributed by atoms with Gasteiger partial charge in [-0.05, 0) is 30.9 Å². The van der Waals surface area contributed by atoms with Crippen LogP contribution in [0.5, 0.6) is 0 Å². The lowest BCUT2D eigenvalue weighted by Crippen LogP contribution is -2.34. The molecule has 1 rings (SSSR count). The van der Waals surface area contributed by atoms with Crippen LogP contribution in [0, 0.1) is 11.8 Å². The largest absolute Gasteiger partial charge is 0.349 e. The van der Waals surface area contributed by atoms with E-state index in [-0.39, 0.29) is 18.5 Å². The molecule has 0 radical (unpaired) electrons. The summed E-state index contributed by atoms with van der Waals surface area (Å²) < 4.78 is 0. The van der Waals surface area contributed by atoms with E-state index in [9.17, 15) is 4.79 Å². The van der Waals surface area contributed by atoms with Crippen LogP contribution in [-0.2, 0) is 0 Å². The standard InChI is InChI=1S/C15H19ClN2OS/c1-3-20-10-11(2)18-15(19)13-7-6-12(5-4-8-17)14(16)9-13/h6-7,9,11H,3,8,10,17H2,1-2H3,(H,18,19). The molecule has 20 heavy (non-hydrogen) atoms. The van der Waals surface area contributed by atoms with Crippen molar-refractivity contribution < 1.29 is 4.79 Å². The molecule has 0 saturated carbocycles. The monoisotopic (exact) mass is 310 g/mol. The third kappa shape index (κ3) is 5.46. The van der Waals surface area contributed by atoms with E-state index in [1.165, 1.54) is 0 Å². The number of rotatable bonds is 5. The molecule has 0 fully saturated rings. The molecule has 5 heteroatoms. The lowest BCUT2D eigenvalue weighted by molar-refractivity contribution is 0.0944. The molecule has 0 heterocycles. The maximum Gasteiger partial charge on any atom is 0.251 e. The molecule has 0 aliphatic rings. The number of carbonyl (C=O) groups is 1. The maximum atomic E-state index is 12.1. The molecular weight excluding hydrogens is 292 g/mol. The molecule has 0 aliphatic heterocycles. The van der Waals surface area contributed by atoms with Gasteiger partial charge >= 0.3 is 0 Å². The van der Waals surface area contributed by atoms with Crippen molar-refractivity contribution in [3.8, 4) is 11.8 Å². The molecular formula is C15H19ClN2OS. The topological polar surface area (TPSA) is 55.1 Å². The summed E-state index contributed by atoms with van der Waals surface area (Å²) in [6.07, 6.45) is 0. The van der Waals surface area contributed by atoms with Crippen LogP contribution in [0.4, 0.5) is 0 Å². The first-order chi connectivity index (χ1) is 9.58. The Bertz CT molecular complexity index is 522. The second-order valence-corrected chi connectivity index (χ2v) is 5.96. The van der Waals surface area contributed by atoms with Crippen molar-refractivity contribution in [2.45, 2.75) is 19.9 Å². The Balaban J connectivity index is 2.72. The normalized spacial score (nSPS) is 11.4. The van der Waals surface area contributed by atoms with Gasteiger partial charge in [-0.15, -0.1) is 0 Å². The van der Waals surface area contributed by atoms with E-state index in [0.717, 1.165) is 11.5 Å². The SMILES string of the molecule is CCSCC(C)NC(=O)c1ccc(C#CCN)c(Cl)c1. The molecule has 3 nitrogen and oxygen atoms in total. The summed E-state index contributed by atoms with van der Waals surface area (Å²) in [5, 5.41) is 3.41. The van der Waals surface area contributed by atoms with Crippen LogP contribution in [0.2, 0.25) is 5.02 Å². The first kappa shape index (κ1) is 16.9. The number of benzene rings is 1. The van der Waals surface area contributed by atoms with Crippen LogP contribution in [0.1, 0.15) is 29.8 Å². The molecule has 1 atom stereocenters. The number of carbonyl (C=O) groups excluding carboxylic acids is 1. The van der Waals surface area contributed by atoms with Crippen molar-refractivity contribution in [1.29, 1.82) is 0 Å². The van der Waals surface area contributed by atoms with Gasteiger partial charge in [0, 0.05) is 22.9 Å². The van der Waals surface area contributed by atoms with Gasteiger partial charge in [0.1, 0.15) is 0 Å². The van der Waals surface area contributed by atoms with E-state index in [1.54, 1.807) is 30.0 Å². The first-order valence-electron chi connectivity index (χ1n) is 6.45. The number of thioether (sulfide) groups is 1. The van der Waals surface area contributed by atoms with Gasteiger partial charge < -0.3 is 11.1 Å². The van der Waals surface area contributed by atoms with Crippen molar-refractivity contribution in [3.05, 3.63) is 34.3 Å². The highest BCUT2D eigenvalue weighted by Crippen LogP contribution is 2.17. The van der Waals surface area contributed by atoms with Crippen LogP contribution in [0.25, 0.3) is 0 Å². The van der Waals surface area contributed by atoms with E-state index in [2.05, 4.69) is 24.1 Å². The van der Waals surface area contributed by atoms with Crippen molar-refractivity contribution in [2.24, 2.45) is 5.73 Å². The fourth-order valence-corrected chi connectivity index (χ4v) is 2.45. The van der Waals surface area contributed by atoms with Gasteiger partial charge in [-0.25, -0.2) is 0 Å². The second kappa shape index (κ2) is 8.91. The van der Waals surface area contributed by atoms with Gasteiger partial charge in [0.25, 0.3) is 5.91 Å². The van der Waals surface area contributed by atoms with Crippen LogP contribution in [-0.4, -0.2) is 30.0 Å². The van der Waals surface area contributed by atoms with Gasteiger partial charge in [-0.3, -0.25) is 4.79 Å². The Labute approximate surface area is 129 Å². The zero-order chi connectivity index (χ0) is 15.0. The molecule has 0 aromatic heterocycles. The van der Waals surface area contributed by atoms with Gasteiger partial charge in [0.2, 0.25) is 0 Å². The molecule has 1 unspecified atom stereocenters. The Hall–Kier alpha value is -1.15. The third-order valence-electron chi connectivity index (χ3n) is 2.51. The molecule has 0 aliphatic carbocycles. The number of nitrogens with two attached hydrogens (primary N) is 1. The van der Waals surface area contributed by atoms with Crippen LogP contribution < -0.4 is 11.1 Å². The van der Waals surface area contributed by atoms with Crippen molar-refractivity contribution >= 4 is 29.3 Å². The molecule has 1 aromatic rings. The molecule has 0 bridgehead atoms. The summed E-state index contributed by atoms with van der Waals surface area (Å²) in [5.74, 6) is 7.43. The zero-order valence-electron chi connectivity index (χ0n) is 11.7. The fraction of sp³-hybridized carbons (Fsp3) is 0.400. The summed E-state index contributed by atoms with van der Waals surface area (Å²) in [6.45, 7) is 4.37. The zero-order valence-corrected chi connectivity index (χ0v) is 13.3. The summed E-state index contributed by atoms with van der Waals surface area (Å²) in [5.41, 5.74) is 6.54. The molecule has 1 amide bonds. The van der Waals surface area contributed by atoms with Crippen molar-refractivity contribution in [2.75, 3.05) is 18.1 Å². The van der Waals surface area contributed by atoms with E-state index in [4.69, 9.17) is 17.3 Å². The second-order valence-electron chi connectivity index (χ2n) is 4.23. The minimum absolute atomic E-state index is 0.116. The molecule has 0 spiro atoms. The van der Waals surface area contributed by atoms with Gasteiger partial charge in [-0.2, -0.15) is 11.8 Å². The van der Waals surface area contributed by atoms with Gasteiger partial charge in [0.05, 0.1) is 11.6 Å². The summed E-state index contributed by atoms with van der Waals surface area (Å²) in [4.78, 5) is 12.1. The average Bonchev–Trinajstić information content (AvgIpc) is 2.43. The van der Waals surface area contributed by atoms with Crippen LogP contribution in [0.3, 0.4) is 0 Å². The summed E-state index contributed by atoms with van der Waals surface area (Å²) in [6, 6.07) is 5.23. The Kier molecular flexibility index (Phi) is 7.53. The van der Waals surface area contributed by atoms with Crippen molar-refractivity contribution in [3.63, 3.8) is 0 Å². The van der Waals surface area contributed by atoms with E-state index in [0.29, 0.717) is 16.1 Å². The molecule has 0 saturated heterocycles. The van der Waals surface area contributed by atoms with E-state index >= 15 is 0 Å². The first-order valence-corrected chi connectivity index (χ1v) is 7.98. The Morgan fingerprint density at radius 1 is 1.55 bits per heavy atom. The predicted octanol–water partition coefficient (Wildman–Crippen LogP) is 2.52. The van der Waals surface area contributed by atoms with Crippen molar-refractivity contribution in [1.82, 2.24) is 5.32 Å². The number of hydrogen-bond donors (Lipinski definition) is 2. The summed E-state index contributed by atoms with van der Waals surface area (Å²) in [7, 11) is 0. The predicted molar refractivity (Wildman–Crippen MR) is 87.3 cm³/mol. The van der Waals surface area contributed by atoms with Crippen LogP contribution in [0.15, 0.2) is 18.2 Å². The maximum absolute atomic E-state index is 12.1. The number of hydrogen-bond acceptors (Lipinski definition) is 3. The lowest BCUT2D eigenvalue weighted by atomic mass is 10.1.